The number of piperazine rings is 1. The predicted molar refractivity (Wildman–Crippen MR) is 71.0 cm³/mol. The minimum atomic E-state index is 0.0467. The highest BCUT2D eigenvalue weighted by molar-refractivity contribution is 5.08. The Balaban J connectivity index is 1.73. The molecule has 0 aromatic carbocycles. The first-order valence-corrected chi connectivity index (χ1v) is 6.54. The van der Waals surface area contributed by atoms with Gasteiger partial charge in [0, 0.05) is 45.1 Å². The lowest BCUT2D eigenvalue weighted by Crippen LogP contribution is -2.49. The number of hydrogen-bond acceptors (Lipinski definition) is 4. The standard InChI is InChI=1S/C14H20N4/c1-13(11-15)18-9-7-17(8-10-18)6-4-14-3-2-5-16-12-14/h2-3,5,12-13H,4,6-10H2,1H3. The van der Waals surface area contributed by atoms with Crippen molar-refractivity contribution in [3.05, 3.63) is 30.1 Å². The Morgan fingerprint density at radius 1 is 1.39 bits per heavy atom. The summed E-state index contributed by atoms with van der Waals surface area (Å²) in [6.07, 6.45) is 4.81. The fourth-order valence-electron chi connectivity index (χ4n) is 2.29. The van der Waals surface area contributed by atoms with Gasteiger partial charge in [-0.25, -0.2) is 0 Å². The van der Waals surface area contributed by atoms with Crippen molar-refractivity contribution in [2.75, 3.05) is 32.7 Å². The summed E-state index contributed by atoms with van der Waals surface area (Å²) in [6, 6.07) is 6.47. The van der Waals surface area contributed by atoms with Crippen LogP contribution in [0, 0.1) is 11.3 Å². The third kappa shape index (κ3) is 3.52. The molecule has 0 bridgehead atoms. The lowest BCUT2D eigenvalue weighted by atomic mass is 10.2. The van der Waals surface area contributed by atoms with Crippen molar-refractivity contribution in [2.24, 2.45) is 0 Å². The molecule has 1 aromatic rings. The molecule has 1 saturated heterocycles. The summed E-state index contributed by atoms with van der Waals surface area (Å²) >= 11 is 0. The minimum Gasteiger partial charge on any atom is -0.300 e. The number of nitrogens with zero attached hydrogens (tertiary/aromatic N) is 4. The first-order chi connectivity index (χ1) is 8.79. The molecule has 0 saturated carbocycles. The van der Waals surface area contributed by atoms with Gasteiger partial charge in [0.15, 0.2) is 0 Å². The third-order valence-electron chi connectivity index (χ3n) is 3.58. The minimum absolute atomic E-state index is 0.0467. The van der Waals surface area contributed by atoms with Crippen LogP contribution in [0.3, 0.4) is 0 Å². The molecule has 96 valence electrons. The van der Waals surface area contributed by atoms with E-state index in [1.165, 1.54) is 5.56 Å². The number of pyridine rings is 1. The van der Waals surface area contributed by atoms with E-state index in [1.807, 2.05) is 25.4 Å². The molecule has 2 rings (SSSR count). The van der Waals surface area contributed by atoms with E-state index in [2.05, 4.69) is 26.9 Å². The van der Waals surface area contributed by atoms with E-state index >= 15 is 0 Å². The van der Waals surface area contributed by atoms with Gasteiger partial charge in [-0.2, -0.15) is 5.26 Å². The van der Waals surface area contributed by atoms with Crippen molar-refractivity contribution < 1.29 is 0 Å². The zero-order valence-corrected chi connectivity index (χ0v) is 10.9. The SMILES string of the molecule is CC(C#N)N1CCN(CCc2cccnc2)CC1. The maximum absolute atomic E-state index is 8.89. The van der Waals surface area contributed by atoms with Gasteiger partial charge in [0.1, 0.15) is 0 Å². The molecule has 1 fully saturated rings. The molecule has 2 heterocycles. The molecule has 18 heavy (non-hydrogen) atoms. The summed E-state index contributed by atoms with van der Waals surface area (Å²) in [5, 5.41) is 8.89. The van der Waals surface area contributed by atoms with Gasteiger partial charge in [-0.3, -0.25) is 9.88 Å². The van der Waals surface area contributed by atoms with Gasteiger partial charge in [-0.1, -0.05) is 6.07 Å². The summed E-state index contributed by atoms with van der Waals surface area (Å²) in [5.74, 6) is 0. The summed E-state index contributed by atoms with van der Waals surface area (Å²) in [6.45, 7) is 7.19. The van der Waals surface area contributed by atoms with Crippen molar-refractivity contribution in [3.63, 3.8) is 0 Å². The molecule has 1 aromatic heterocycles. The highest BCUT2D eigenvalue weighted by Crippen LogP contribution is 2.07. The summed E-state index contributed by atoms with van der Waals surface area (Å²) in [5.41, 5.74) is 1.30. The first kappa shape index (κ1) is 13.0. The molecular weight excluding hydrogens is 224 g/mol. The van der Waals surface area contributed by atoms with Crippen molar-refractivity contribution in [1.82, 2.24) is 14.8 Å². The van der Waals surface area contributed by atoms with Crippen LogP contribution in [-0.4, -0.2) is 53.5 Å². The maximum Gasteiger partial charge on any atom is 0.0950 e. The number of rotatable bonds is 4. The van der Waals surface area contributed by atoms with E-state index in [1.54, 1.807) is 0 Å². The predicted octanol–water partition coefficient (Wildman–Crippen LogP) is 1.15. The molecule has 0 amide bonds. The zero-order chi connectivity index (χ0) is 12.8. The van der Waals surface area contributed by atoms with Crippen molar-refractivity contribution >= 4 is 0 Å². The quantitative estimate of drug-likeness (QED) is 0.797. The largest absolute Gasteiger partial charge is 0.300 e. The maximum atomic E-state index is 8.89. The molecule has 1 aliphatic rings. The van der Waals surface area contributed by atoms with Crippen LogP contribution >= 0.6 is 0 Å². The molecule has 0 radical (unpaired) electrons. The molecule has 1 atom stereocenters. The van der Waals surface area contributed by atoms with Crippen LogP contribution in [0.4, 0.5) is 0 Å². The zero-order valence-electron chi connectivity index (χ0n) is 10.9. The van der Waals surface area contributed by atoms with Gasteiger partial charge in [0.25, 0.3) is 0 Å². The second kappa shape index (κ2) is 6.48. The Morgan fingerprint density at radius 2 is 2.17 bits per heavy atom. The van der Waals surface area contributed by atoms with E-state index < -0.39 is 0 Å². The molecular formula is C14H20N4. The van der Waals surface area contributed by atoms with Gasteiger partial charge >= 0.3 is 0 Å². The molecule has 4 nitrogen and oxygen atoms in total. The van der Waals surface area contributed by atoms with Crippen LogP contribution in [0.5, 0.6) is 0 Å². The van der Waals surface area contributed by atoms with E-state index in [0.29, 0.717) is 0 Å². The van der Waals surface area contributed by atoms with Crippen LogP contribution in [0.15, 0.2) is 24.5 Å². The first-order valence-electron chi connectivity index (χ1n) is 6.54. The summed E-state index contributed by atoms with van der Waals surface area (Å²) in [4.78, 5) is 8.85. The van der Waals surface area contributed by atoms with Crippen molar-refractivity contribution in [2.45, 2.75) is 19.4 Å². The highest BCUT2D eigenvalue weighted by atomic mass is 15.3. The summed E-state index contributed by atoms with van der Waals surface area (Å²) < 4.78 is 0. The Bertz CT molecular complexity index is 390. The molecule has 1 aliphatic heterocycles. The Kier molecular flexibility index (Phi) is 4.68. The lowest BCUT2D eigenvalue weighted by molar-refractivity contribution is 0.120. The van der Waals surface area contributed by atoms with Gasteiger partial charge in [-0.05, 0) is 25.0 Å². The topological polar surface area (TPSA) is 43.2 Å². The van der Waals surface area contributed by atoms with Gasteiger partial charge in [-0.15, -0.1) is 0 Å². The average molecular weight is 244 g/mol. The van der Waals surface area contributed by atoms with Crippen molar-refractivity contribution in [1.29, 1.82) is 5.26 Å². The monoisotopic (exact) mass is 244 g/mol. The van der Waals surface area contributed by atoms with Gasteiger partial charge < -0.3 is 4.90 Å². The van der Waals surface area contributed by atoms with Crippen molar-refractivity contribution in [3.8, 4) is 6.07 Å². The highest BCUT2D eigenvalue weighted by Gasteiger charge is 2.20. The Morgan fingerprint density at radius 3 is 2.78 bits per heavy atom. The smallest absolute Gasteiger partial charge is 0.0950 e. The normalized spacial score (nSPS) is 19.3. The fourth-order valence-corrected chi connectivity index (χ4v) is 2.29. The second-order valence-corrected chi connectivity index (χ2v) is 4.79. The number of hydrogen-bond donors (Lipinski definition) is 0. The van der Waals surface area contributed by atoms with Crippen LogP contribution in [0.25, 0.3) is 0 Å². The number of nitriles is 1. The Labute approximate surface area is 109 Å². The lowest BCUT2D eigenvalue weighted by Gasteiger charge is -2.35. The van der Waals surface area contributed by atoms with Crippen LogP contribution in [0.2, 0.25) is 0 Å². The second-order valence-electron chi connectivity index (χ2n) is 4.79. The molecule has 4 heteroatoms. The van der Waals surface area contributed by atoms with E-state index in [4.69, 9.17) is 5.26 Å². The van der Waals surface area contributed by atoms with Crippen LogP contribution in [0.1, 0.15) is 12.5 Å². The molecule has 0 spiro atoms. The average Bonchev–Trinajstić information content (AvgIpc) is 2.46. The Hall–Kier alpha value is -1.44. The van der Waals surface area contributed by atoms with Crippen LogP contribution < -0.4 is 0 Å². The number of aromatic nitrogens is 1. The molecule has 1 unspecified atom stereocenters. The van der Waals surface area contributed by atoms with E-state index in [0.717, 1.165) is 39.1 Å². The van der Waals surface area contributed by atoms with Crippen LogP contribution in [-0.2, 0) is 6.42 Å². The third-order valence-corrected chi connectivity index (χ3v) is 3.58. The van der Waals surface area contributed by atoms with E-state index in [9.17, 15) is 0 Å². The van der Waals surface area contributed by atoms with Gasteiger partial charge in [0.05, 0.1) is 12.1 Å². The summed E-state index contributed by atoms with van der Waals surface area (Å²) in [7, 11) is 0. The fraction of sp³-hybridized carbons (Fsp3) is 0.571. The molecule has 0 aliphatic carbocycles. The molecule has 0 N–H and O–H groups in total. The van der Waals surface area contributed by atoms with Gasteiger partial charge in [0.2, 0.25) is 0 Å². The van der Waals surface area contributed by atoms with E-state index in [-0.39, 0.29) is 6.04 Å².